The molecule has 2 N–H and O–H groups in total. The van der Waals surface area contributed by atoms with Crippen LogP contribution in [0, 0.1) is 5.92 Å². The van der Waals surface area contributed by atoms with Crippen LogP contribution < -0.4 is 10.6 Å². The number of likely N-dealkylation sites (tertiary alicyclic amines) is 1. The maximum absolute atomic E-state index is 12.6. The van der Waals surface area contributed by atoms with Gasteiger partial charge in [-0.05, 0) is 37.8 Å². The van der Waals surface area contributed by atoms with Crippen molar-refractivity contribution >= 4 is 17.7 Å². The van der Waals surface area contributed by atoms with Gasteiger partial charge in [0.15, 0.2) is 0 Å². The predicted octanol–water partition coefficient (Wildman–Crippen LogP) is 2.49. The van der Waals surface area contributed by atoms with Crippen molar-refractivity contribution in [1.29, 1.82) is 0 Å². The van der Waals surface area contributed by atoms with E-state index in [1.807, 2.05) is 6.07 Å². The van der Waals surface area contributed by atoms with Crippen LogP contribution in [-0.2, 0) is 9.59 Å². The summed E-state index contributed by atoms with van der Waals surface area (Å²) in [4.78, 5) is 38.7. The minimum absolute atomic E-state index is 0.00728. The Labute approximate surface area is 167 Å². The molecule has 2 fully saturated rings. The van der Waals surface area contributed by atoms with E-state index in [1.54, 1.807) is 29.2 Å². The SMILES string of the molecule is O=C(NCC(=O)N1CCC(C(=O)NC2CCCCCC2)CC1)c1ccccc1. The highest BCUT2D eigenvalue weighted by atomic mass is 16.2. The first-order chi connectivity index (χ1) is 13.6. The molecule has 0 unspecified atom stereocenters. The zero-order valence-electron chi connectivity index (χ0n) is 16.5. The largest absolute Gasteiger partial charge is 0.353 e. The van der Waals surface area contributed by atoms with E-state index >= 15 is 0 Å². The summed E-state index contributed by atoms with van der Waals surface area (Å²) < 4.78 is 0. The van der Waals surface area contributed by atoms with Crippen molar-refractivity contribution in [2.45, 2.75) is 57.4 Å². The maximum Gasteiger partial charge on any atom is 0.251 e. The number of nitrogens with one attached hydrogen (secondary N) is 2. The number of hydrogen-bond donors (Lipinski definition) is 2. The smallest absolute Gasteiger partial charge is 0.251 e. The molecule has 0 radical (unpaired) electrons. The molecule has 1 aromatic rings. The summed E-state index contributed by atoms with van der Waals surface area (Å²) >= 11 is 0. The molecule has 1 aliphatic carbocycles. The summed E-state index contributed by atoms with van der Waals surface area (Å²) in [6.07, 6.45) is 8.50. The molecule has 0 spiro atoms. The van der Waals surface area contributed by atoms with Gasteiger partial charge in [-0.2, -0.15) is 0 Å². The highest BCUT2D eigenvalue weighted by molar-refractivity contribution is 5.96. The highest BCUT2D eigenvalue weighted by Crippen LogP contribution is 2.21. The molecule has 0 aromatic heterocycles. The van der Waals surface area contributed by atoms with Crippen LogP contribution in [0.25, 0.3) is 0 Å². The fourth-order valence-electron chi connectivity index (χ4n) is 4.09. The van der Waals surface area contributed by atoms with E-state index in [-0.39, 0.29) is 30.2 Å². The molecule has 0 atom stereocenters. The topological polar surface area (TPSA) is 78.5 Å². The molecule has 6 heteroatoms. The molecule has 1 saturated carbocycles. The van der Waals surface area contributed by atoms with E-state index in [1.165, 1.54) is 25.7 Å². The van der Waals surface area contributed by atoms with Gasteiger partial charge in [0.05, 0.1) is 6.54 Å². The number of amides is 3. The van der Waals surface area contributed by atoms with Crippen LogP contribution in [0.2, 0.25) is 0 Å². The highest BCUT2D eigenvalue weighted by Gasteiger charge is 2.28. The van der Waals surface area contributed by atoms with Gasteiger partial charge < -0.3 is 15.5 Å². The van der Waals surface area contributed by atoms with Gasteiger partial charge in [0.1, 0.15) is 0 Å². The summed E-state index contributed by atoms with van der Waals surface area (Å²) in [5.41, 5.74) is 0.546. The molecule has 2 aliphatic rings. The summed E-state index contributed by atoms with van der Waals surface area (Å²) in [5, 5.41) is 5.91. The summed E-state index contributed by atoms with van der Waals surface area (Å²) in [5.74, 6) is -0.193. The fourth-order valence-corrected chi connectivity index (χ4v) is 4.09. The zero-order valence-corrected chi connectivity index (χ0v) is 16.5. The lowest BCUT2D eigenvalue weighted by Gasteiger charge is -2.32. The normalized spacial score (nSPS) is 18.9. The van der Waals surface area contributed by atoms with Crippen LogP contribution in [-0.4, -0.2) is 48.3 Å². The van der Waals surface area contributed by atoms with Crippen LogP contribution in [0.15, 0.2) is 30.3 Å². The van der Waals surface area contributed by atoms with Crippen molar-refractivity contribution < 1.29 is 14.4 Å². The van der Waals surface area contributed by atoms with E-state index in [2.05, 4.69) is 10.6 Å². The van der Waals surface area contributed by atoms with Crippen LogP contribution >= 0.6 is 0 Å². The Bertz CT molecular complexity index is 661. The second-order valence-electron chi connectivity index (χ2n) is 7.90. The molecule has 0 bridgehead atoms. The average molecular weight is 386 g/mol. The van der Waals surface area contributed by atoms with Gasteiger partial charge >= 0.3 is 0 Å². The lowest BCUT2D eigenvalue weighted by atomic mass is 9.95. The fraction of sp³-hybridized carbons (Fsp3) is 0.591. The Morgan fingerprint density at radius 1 is 0.893 bits per heavy atom. The first kappa shape index (κ1) is 20.4. The van der Waals surface area contributed by atoms with Crippen LogP contribution in [0.5, 0.6) is 0 Å². The van der Waals surface area contributed by atoms with Gasteiger partial charge in [-0.1, -0.05) is 43.9 Å². The van der Waals surface area contributed by atoms with E-state index in [9.17, 15) is 14.4 Å². The van der Waals surface area contributed by atoms with Crippen molar-refractivity contribution in [2.24, 2.45) is 5.92 Å². The average Bonchev–Trinajstić information content (AvgIpc) is 3.01. The second-order valence-corrected chi connectivity index (χ2v) is 7.90. The monoisotopic (exact) mass is 385 g/mol. The lowest BCUT2D eigenvalue weighted by Crippen LogP contribution is -2.47. The molecular weight excluding hydrogens is 354 g/mol. The molecule has 1 saturated heterocycles. The van der Waals surface area contributed by atoms with Gasteiger partial charge in [-0.25, -0.2) is 0 Å². The van der Waals surface area contributed by atoms with Gasteiger partial charge in [0.2, 0.25) is 11.8 Å². The summed E-state index contributed by atoms with van der Waals surface area (Å²) in [6, 6.07) is 9.19. The third kappa shape index (κ3) is 5.81. The molecular formula is C22H31N3O3. The number of carbonyl (C=O) groups is 3. The van der Waals surface area contributed by atoms with Crippen molar-refractivity contribution in [3.05, 3.63) is 35.9 Å². The van der Waals surface area contributed by atoms with Gasteiger partial charge in [0, 0.05) is 30.6 Å². The van der Waals surface area contributed by atoms with Crippen LogP contribution in [0.1, 0.15) is 61.7 Å². The van der Waals surface area contributed by atoms with Crippen molar-refractivity contribution in [3.63, 3.8) is 0 Å². The number of hydrogen-bond acceptors (Lipinski definition) is 3. The number of benzene rings is 1. The van der Waals surface area contributed by atoms with Crippen molar-refractivity contribution in [3.8, 4) is 0 Å². The minimum Gasteiger partial charge on any atom is -0.353 e. The van der Waals surface area contributed by atoms with E-state index < -0.39 is 0 Å². The van der Waals surface area contributed by atoms with E-state index in [4.69, 9.17) is 0 Å². The Hall–Kier alpha value is -2.37. The quantitative estimate of drug-likeness (QED) is 0.765. The minimum atomic E-state index is -0.244. The molecule has 1 aromatic carbocycles. The van der Waals surface area contributed by atoms with E-state index in [0.29, 0.717) is 37.5 Å². The number of nitrogens with zero attached hydrogens (tertiary/aromatic N) is 1. The van der Waals surface area contributed by atoms with Crippen molar-refractivity contribution in [2.75, 3.05) is 19.6 Å². The molecule has 1 heterocycles. The molecule has 1 aliphatic heterocycles. The number of rotatable bonds is 5. The Morgan fingerprint density at radius 3 is 2.18 bits per heavy atom. The molecule has 3 rings (SSSR count). The zero-order chi connectivity index (χ0) is 19.8. The lowest BCUT2D eigenvalue weighted by molar-refractivity contribution is -0.135. The molecule has 28 heavy (non-hydrogen) atoms. The van der Waals surface area contributed by atoms with Gasteiger partial charge in [0.25, 0.3) is 5.91 Å². The Kier molecular flexibility index (Phi) is 7.46. The third-order valence-electron chi connectivity index (χ3n) is 5.86. The molecule has 6 nitrogen and oxygen atoms in total. The maximum atomic E-state index is 12.6. The Balaban J connectivity index is 1.38. The second kappa shape index (κ2) is 10.2. The summed E-state index contributed by atoms with van der Waals surface area (Å²) in [6.45, 7) is 1.14. The summed E-state index contributed by atoms with van der Waals surface area (Å²) in [7, 11) is 0. The predicted molar refractivity (Wildman–Crippen MR) is 108 cm³/mol. The standard InChI is InChI=1S/C22H31N3O3/c26-20(16-23-21(27)17-8-4-3-5-9-17)25-14-12-18(13-15-25)22(28)24-19-10-6-1-2-7-11-19/h3-5,8-9,18-19H,1-2,6-7,10-16H2,(H,23,27)(H,24,28). The molecule has 3 amide bonds. The van der Waals surface area contributed by atoms with Gasteiger partial charge in [-0.15, -0.1) is 0 Å². The van der Waals surface area contributed by atoms with Gasteiger partial charge in [-0.3, -0.25) is 14.4 Å². The molecule has 152 valence electrons. The Morgan fingerprint density at radius 2 is 1.54 bits per heavy atom. The first-order valence-electron chi connectivity index (χ1n) is 10.5. The van der Waals surface area contributed by atoms with Crippen molar-refractivity contribution in [1.82, 2.24) is 15.5 Å². The van der Waals surface area contributed by atoms with Crippen LogP contribution in [0.4, 0.5) is 0 Å². The first-order valence-corrected chi connectivity index (χ1v) is 10.5. The van der Waals surface area contributed by atoms with E-state index in [0.717, 1.165) is 12.8 Å². The third-order valence-corrected chi connectivity index (χ3v) is 5.86. The van der Waals surface area contributed by atoms with Crippen LogP contribution in [0.3, 0.4) is 0 Å². The number of carbonyl (C=O) groups excluding carboxylic acids is 3. The number of piperidine rings is 1.